The number of amides is 2. The number of carbonyl (C=O) groups excluding carboxylic acids is 2. The van der Waals surface area contributed by atoms with E-state index in [2.05, 4.69) is 10.6 Å². The van der Waals surface area contributed by atoms with Gasteiger partial charge in [-0.25, -0.2) is 0 Å². The number of halogens is 2. The number of anilines is 1. The molecule has 0 atom stereocenters. The van der Waals surface area contributed by atoms with Crippen LogP contribution < -0.4 is 10.6 Å². The van der Waals surface area contributed by atoms with Crippen LogP contribution in [0.3, 0.4) is 0 Å². The number of rotatable bonds is 6. The van der Waals surface area contributed by atoms with Gasteiger partial charge >= 0.3 is 11.8 Å². The Hall–Kier alpha value is -1.30. The van der Waals surface area contributed by atoms with Crippen LogP contribution in [0.15, 0.2) is 18.2 Å². The van der Waals surface area contributed by atoms with E-state index in [0.29, 0.717) is 35.3 Å². The third kappa shape index (κ3) is 7.32. The SMILES string of the molecule is CC(C)OCCCNC(=O)C(=O)Nc1cc(Cl)cc(Cl)c1. The average molecular weight is 333 g/mol. The average Bonchev–Trinajstić information content (AvgIpc) is 2.36. The fraction of sp³-hybridized carbons (Fsp3) is 0.429. The Labute approximate surface area is 133 Å². The van der Waals surface area contributed by atoms with Crippen LogP contribution in [0.1, 0.15) is 20.3 Å². The first-order valence-electron chi connectivity index (χ1n) is 6.55. The highest BCUT2D eigenvalue weighted by atomic mass is 35.5. The quantitative estimate of drug-likeness (QED) is 0.621. The van der Waals surface area contributed by atoms with Crippen molar-refractivity contribution in [2.45, 2.75) is 26.4 Å². The van der Waals surface area contributed by atoms with Crippen LogP contribution in [0, 0.1) is 0 Å². The molecular weight excluding hydrogens is 315 g/mol. The Balaban J connectivity index is 2.35. The van der Waals surface area contributed by atoms with Crippen LogP contribution in [0.2, 0.25) is 10.0 Å². The van der Waals surface area contributed by atoms with Crippen molar-refractivity contribution < 1.29 is 14.3 Å². The lowest BCUT2D eigenvalue weighted by Crippen LogP contribution is -2.36. The summed E-state index contributed by atoms with van der Waals surface area (Å²) >= 11 is 11.6. The van der Waals surface area contributed by atoms with E-state index in [9.17, 15) is 9.59 Å². The number of ether oxygens (including phenoxy) is 1. The molecule has 0 unspecified atom stereocenters. The van der Waals surface area contributed by atoms with E-state index in [1.807, 2.05) is 13.8 Å². The fourth-order valence-electron chi connectivity index (χ4n) is 1.49. The third-order valence-corrected chi connectivity index (χ3v) is 2.82. The molecule has 21 heavy (non-hydrogen) atoms. The van der Waals surface area contributed by atoms with Crippen LogP contribution in [-0.4, -0.2) is 31.1 Å². The van der Waals surface area contributed by atoms with Crippen molar-refractivity contribution in [1.29, 1.82) is 0 Å². The summed E-state index contributed by atoms with van der Waals surface area (Å²) in [5.41, 5.74) is 0.371. The van der Waals surface area contributed by atoms with Crippen LogP contribution in [0.4, 0.5) is 5.69 Å². The second kappa shape index (κ2) is 8.87. The van der Waals surface area contributed by atoms with Gasteiger partial charge in [0.2, 0.25) is 0 Å². The van der Waals surface area contributed by atoms with E-state index < -0.39 is 11.8 Å². The molecule has 2 N–H and O–H groups in total. The zero-order valence-corrected chi connectivity index (χ0v) is 13.4. The molecule has 0 fully saturated rings. The molecule has 1 aromatic rings. The molecule has 7 heteroatoms. The Kier molecular flexibility index (Phi) is 7.50. The van der Waals surface area contributed by atoms with E-state index in [0.717, 1.165) is 0 Å². The zero-order chi connectivity index (χ0) is 15.8. The molecule has 1 aromatic carbocycles. The van der Waals surface area contributed by atoms with Gasteiger partial charge in [-0.1, -0.05) is 23.2 Å². The largest absolute Gasteiger partial charge is 0.379 e. The summed E-state index contributed by atoms with van der Waals surface area (Å²) in [5.74, 6) is -1.48. The monoisotopic (exact) mass is 332 g/mol. The van der Waals surface area contributed by atoms with Gasteiger partial charge in [0.1, 0.15) is 0 Å². The van der Waals surface area contributed by atoms with Crippen LogP contribution >= 0.6 is 23.2 Å². The molecule has 5 nitrogen and oxygen atoms in total. The molecule has 0 aliphatic heterocycles. The van der Waals surface area contributed by atoms with Gasteiger partial charge in [-0.15, -0.1) is 0 Å². The van der Waals surface area contributed by atoms with E-state index in [1.165, 1.54) is 18.2 Å². The second-order valence-corrected chi connectivity index (χ2v) is 5.51. The highest BCUT2D eigenvalue weighted by Gasteiger charge is 2.13. The van der Waals surface area contributed by atoms with Crippen molar-refractivity contribution in [3.63, 3.8) is 0 Å². The maximum atomic E-state index is 11.7. The zero-order valence-electron chi connectivity index (χ0n) is 11.9. The smallest absolute Gasteiger partial charge is 0.313 e. The normalized spacial score (nSPS) is 10.5. The van der Waals surface area contributed by atoms with Gasteiger partial charge < -0.3 is 15.4 Å². The van der Waals surface area contributed by atoms with Gasteiger partial charge in [0.15, 0.2) is 0 Å². The summed E-state index contributed by atoms with van der Waals surface area (Å²) in [4.78, 5) is 23.3. The van der Waals surface area contributed by atoms with Crippen LogP contribution in [-0.2, 0) is 14.3 Å². The van der Waals surface area contributed by atoms with Gasteiger partial charge in [0, 0.05) is 28.9 Å². The van der Waals surface area contributed by atoms with E-state index >= 15 is 0 Å². The fourth-order valence-corrected chi connectivity index (χ4v) is 2.01. The number of carbonyl (C=O) groups is 2. The van der Waals surface area contributed by atoms with Crippen molar-refractivity contribution in [3.8, 4) is 0 Å². The highest BCUT2D eigenvalue weighted by molar-refractivity contribution is 6.40. The molecule has 0 saturated heterocycles. The van der Waals surface area contributed by atoms with E-state index in [-0.39, 0.29) is 6.10 Å². The lowest BCUT2D eigenvalue weighted by Gasteiger charge is -2.09. The molecular formula is C14H18Cl2N2O3. The molecule has 0 aliphatic rings. The van der Waals surface area contributed by atoms with Crippen molar-refractivity contribution >= 4 is 40.7 Å². The molecule has 0 aliphatic carbocycles. The first-order valence-corrected chi connectivity index (χ1v) is 7.31. The van der Waals surface area contributed by atoms with Crippen molar-refractivity contribution in [2.24, 2.45) is 0 Å². The molecule has 0 heterocycles. The summed E-state index contributed by atoms with van der Waals surface area (Å²) in [5, 5.41) is 5.70. The lowest BCUT2D eigenvalue weighted by atomic mass is 10.3. The molecule has 0 aromatic heterocycles. The maximum absolute atomic E-state index is 11.7. The minimum atomic E-state index is -0.766. The Morgan fingerprint density at radius 3 is 2.33 bits per heavy atom. The van der Waals surface area contributed by atoms with Gasteiger partial charge in [-0.3, -0.25) is 9.59 Å². The number of benzene rings is 1. The standard InChI is InChI=1S/C14H18Cl2N2O3/c1-9(2)21-5-3-4-17-13(19)14(20)18-12-7-10(15)6-11(16)8-12/h6-9H,3-5H2,1-2H3,(H,17,19)(H,18,20). The summed E-state index contributed by atoms with van der Waals surface area (Å²) in [7, 11) is 0. The van der Waals surface area contributed by atoms with E-state index in [4.69, 9.17) is 27.9 Å². The molecule has 0 bridgehead atoms. The summed E-state index contributed by atoms with van der Waals surface area (Å²) in [6.45, 7) is 4.77. The van der Waals surface area contributed by atoms with Gasteiger partial charge in [0.05, 0.1) is 6.10 Å². The lowest BCUT2D eigenvalue weighted by molar-refractivity contribution is -0.136. The highest BCUT2D eigenvalue weighted by Crippen LogP contribution is 2.22. The first kappa shape index (κ1) is 17.8. The third-order valence-electron chi connectivity index (χ3n) is 2.38. The number of hydrogen-bond donors (Lipinski definition) is 2. The molecule has 0 spiro atoms. The Morgan fingerprint density at radius 1 is 1.14 bits per heavy atom. The van der Waals surface area contributed by atoms with Crippen LogP contribution in [0.5, 0.6) is 0 Å². The first-order chi connectivity index (χ1) is 9.88. The Morgan fingerprint density at radius 2 is 1.76 bits per heavy atom. The predicted molar refractivity (Wildman–Crippen MR) is 83.8 cm³/mol. The summed E-state index contributed by atoms with van der Waals surface area (Å²) in [6, 6.07) is 4.55. The Bertz CT molecular complexity index is 487. The van der Waals surface area contributed by atoms with E-state index in [1.54, 1.807) is 0 Å². The van der Waals surface area contributed by atoms with Crippen molar-refractivity contribution in [1.82, 2.24) is 5.32 Å². The predicted octanol–water partition coefficient (Wildman–Crippen LogP) is 2.86. The molecule has 2 amide bonds. The molecule has 116 valence electrons. The topological polar surface area (TPSA) is 67.4 Å². The maximum Gasteiger partial charge on any atom is 0.313 e. The summed E-state index contributed by atoms with van der Waals surface area (Å²) < 4.78 is 5.32. The molecule has 0 radical (unpaired) electrons. The molecule has 0 saturated carbocycles. The minimum absolute atomic E-state index is 0.150. The van der Waals surface area contributed by atoms with Crippen LogP contribution in [0.25, 0.3) is 0 Å². The minimum Gasteiger partial charge on any atom is -0.379 e. The number of nitrogens with one attached hydrogen (secondary N) is 2. The van der Waals surface area contributed by atoms with Gasteiger partial charge in [0.25, 0.3) is 0 Å². The number of hydrogen-bond acceptors (Lipinski definition) is 3. The van der Waals surface area contributed by atoms with Crippen molar-refractivity contribution in [3.05, 3.63) is 28.2 Å². The summed E-state index contributed by atoms with van der Waals surface area (Å²) in [6.07, 6.45) is 0.789. The van der Waals surface area contributed by atoms with Gasteiger partial charge in [-0.05, 0) is 38.5 Å². The molecule has 1 rings (SSSR count). The van der Waals surface area contributed by atoms with Crippen molar-refractivity contribution in [2.75, 3.05) is 18.5 Å². The van der Waals surface area contributed by atoms with Gasteiger partial charge in [-0.2, -0.15) is 0 Å². The second-order valence-electron chi connectivity index (χ2n) is 4.64.